The number of carbonyl (C=O) groups excluding carboxylic acids is 2. The summed E-state index contributed by atoms with van der Waals surface area (Å²) in [6, 6.07) is 7.68. The summed E-state index contributed by atoms with van der Waals surface area (Å²) < 4.78 is 5.02. The summed E-state index contributed by atoms with van der Waals surface area (Å²) >= 11 is 1.52. The fraction of sp³-hybridized carbons (Fsp3) is 0.278. The lowest BCUT2D eigenvalue weighted by Gasteiger charge is -2.13. The number of thiophene rings is 1. The molecule has 3 aromatic rings. The molecular weight excluding hydrogens is 366 g/mol. The van der Waals surface area contributed by atoms with Crippen molar-refractivity contribution in [3.8, 4) is 11.4 Å². The molecule has 0 aliphatic rings. The summed E-state index contributed by atoms with van der Waals surface area (Å²) in [6.45, 7) is 3.35. The van der Waals surface area contributed by atoms with Crippen LogP contribution in [0.15, 0.2) is 35.0 Å². The van der Waals surface area contributed by atoms with E-state index in [2.05, 4.69) is 20.7 Å². The van der Waals surface area contributed by atoms with Crippen molar-refractivity contribution in [3.05, 3.63) is 46.2 Å². The van der Waals surface area contributed by atoms with E-state index >= 15 is 0 Å². The van der Waals surface area contributed by atoms with Crippen LogP contribution in [0, 0.1) is 6.92 Å². The largest absolute Gasteiger partial charge is 0.454 e. The number of aromatic nitrogens is 4. The van der Waals surface area contributed by atoms with Crippen LogP contribution in [0.4, 0.5) is 5.69 Å². The van der Waals surface area contributed by atoms with E-state index in [0.717, 1.165) is 33.6 Å². The second-order valence-electron chi connectivity index (χ2n) is 5.83. The smallest absolute Gasteiger partial charge is 0.330 e. The first kappa shape index (κ1) is 18.7. The number of tetrazole rings is 1. The van der Waals surface area contributed by atoms with Crippen molar-refractivity contribution in [1.29, 1.82) is 0 Å². The third-order valence-corrected chi connectivity index (χ3v) is 4.55. The van der Waals surface area contributed by atoms with E-state index in [1.165, 1.54) is 11.3 Å². The van der Waals surface area contributed by atoms with E-state index < -0.39 is 11.9 Å². The molecule has 0 fully saturated rings. The van der Waals surface area contributed by atoms with Crippen molar-refractivity contribution in [1.82, 2.24) is 20.2 Å². The highest BCUT2D eigenvalue weighted by Gasteiger charge is 2.14. The zero-order valence-corrected chi connectivity index (χ0v) is 15.8. The van der Waals surface area contributed by atoms with Gasteiger partial charge in [0.05, 0.1) is 0 Å². The molecule has 0 aliphatic heterocycles. The Morgan fingerprint density at radius 1 is 1.30 bits per heavy atom. The van der Waals surface area contributed by atoms with Gasteiger partial charge >= 0.3 is 5.97 Å². The van der Waals surface area contributed by atoms with Crippen molar-refractivity contribution < 1.29 is 14.3 Å². The van der Waals surface area contributed by atoms with Crippen molar-refractivity contribution in [2.75, 3.05) is 11.9 Å². The van der Waals surface area contributed by atoms with E-state index in [4.69, 9.17) is 4.74 Å². The fourth-order valence-electron chi connectivity index (χ4n) is 2.50. The van der Waals surface area contributed by atoms with Crippen LogP contribution in [0.25, 0.3) is 11.4 Å². The van der Waals surface area contributed by atoms with E-state index in [-0.39, 0.29) is 13.2 Å². The molecule has 9 heteroatoms. The molecule has 0 saturated heterocycles. The molecule has 3 rings (SSSR count). The molecule has 0 saturated carbocycles. The Hall–Kier alpha value is -3.07. The predicted molar refractivity (Wildman–Crippen MR) is 101 cm³/mol. The van der Waals surface area contributed by atoms with Gasteiger partial charge in [-0.25, -0.2) is 4.79 Å². The topological polar surface area (TPSA) is 99.0 Å². The van der Waals surface area contributed by atoms with Gasteiger partial charge in [-0.1, -0.05) is 25.1 Å². The van der Waals surface area contributed by atoms with Crippen LogP contribution in [0.1, 0.15) is 18.1 Å². The number of amides is 1. The molecule has 27 heavy (non-hydrogen) atoms. The van der Waals surface area contributed by atoms with Crippen molar-refractivity contribution in [3.63, 3.8) is 0 Å². The number of nitrogens with zero attached hydrogens (tertiary/aromatic N) is 4. The van der Waals surface area contributed by atoms with Gasteiger partial charge in [0.1, 0.15) is 0 Å². The van der Waals surface area contributed by atoms with Gasteiger partial charge in [-0.05, 0) is 41.1 Å². The number of anilines is 1. The minimum Gasteiger partial charge on any atom is -0.454 e. The van der Waals surface area contributed by atoms with Crippen LogP contribution in [0.3, 0.4) is 0 Å². The summed E-state index contributed by atoms with van der Waals surface area (Å²) in [7, 11) is 0. The SMILES string of the molecule is CCc1cccc(C)c1NC(=O)COC(=O)Cn1nnc(-c2ccsc2)n1. The van der Waals surface area contributed by atoms with E-state index in [1.807, 2.05) is 48.9 Å². The van der Waals surface area contributed by atoms with Gasteiger partial charge in [-0.15, -0.1) is 10.2 Å². The molecule has 2 heterocycles. The van der Waals surface area contributed by atoms with Gasteiger partial charge in [0.2, 0.25) is 5.82 Å². The maximum atomic E-state index is 12.1. The van der Waals surface area contributed by atoms with Crippen molar-refractivity contribution in [2.24, 2.45) is 0 Å². The van der Waals surface area contributed by atoms with E-state index in [9.17, 15) is 9.59 Å². The lowest BCUT2D eigenvalue weighted by molar-refractivity contribution is -0.148. The Labute approximate surface area is 160 Å². The molecule has 0 radical (unpaired) electrons. The molecule has 140 valence electrons. The number of benzene rings is 1. The van der Waals surface area contributed by atoms with E-state index in [1.54, 1.807) is 0 Å². The number of hydrogen-bond acceptors (Lipinski definition) is 7. The fourth-order valence-corrected chi connectivity index (χ4v) is 3.14. The number of ether oxygens (including phenoxy) is 1. The lowest BCUT2D eigenvalue weighted by Crippen LogP contribution is -2.24. The highest BCUT2D eigenvalue weighted by Crippen LogP contribution is 2.21. The molecule has 1 aromatic carbocycles. The van der Waals surface area contributed by atoms with Crippen LogP contribution < -0.4 is 5.32 Å². The van der Waals surface area contributed by atoms with Crippen molar-refractivity contribution >= 4 is 28.9 Å². The highest BCUT2D eigenvalue weighted by molar-refractivity contribution is 7.08. The maximum absolute atomic E-state index is 12.1. The predicted octanol–water partition coefficient (Wildman–Crippen LogP) is 2.45. The average molecular weight is 385 g/mol. The molecule has 2 aromatic heterocycles. The van der Waals surface area contributed by atoms with Gasteiger partial charge < -0.3 is 10.1 Å². The molecule has 0 bridgehead atoms. The third-order valence-electron chi connectivity index (χ3n) is 3.87. The Balaban J connectivity index is 1.51. The van der Waals surface area contributed by atoms with Gasteiger partial charge in [0.15, 0.2) is 13.2 Å². The van der Waals surface area contributed by atoms with Crippen LogP contribution in [-0.4, -0.2) is 38.7 Å². The second kappa shape index (κ2) is 8.54. The number of esters is 1. The summed E-state index contributed by atoms with van der Waals surface area (Å²) in [4.78, 5) is 25.2. The normalized spacial score (nSPS) is 10.6. The van der Waals surface area contributed by atoms with Gasteiger partial charge in [-0.2, -0.15) is 16.1 Å². The quantitative estimate of drug-likeness (QED) is 0.627. The third kappa shape index (κ3) is 4.76. The first-order chi connectivity index (χ1) is 13.1. The average Bonchev–Trinajstić information content (AvgIpc) is 3.33. The number of hydrogen-bond donors (Lipinski definition) is 1. The molecular formula is C18H19N5O3S. The van der Waals surface area contributed by atoms with Gasteiger partial charge in [0, 0.05) is 16.6 Å². The molecule has 1 N–H and O–H groups in total. The van der Waals surface area contributed by atoms with Crippen LogP contribution >= 0.6 is 11.3 Å². The standard InChI is InChI=1S/C18H19N5O3S/c1-3-13-6-4-5-12(2)17(13)19-15(24)10-26-16(25)9-23-21-18(20-22-23)14-7-8-27-11-14/h4-8,11H,3,9-10H2,1-2H3,(H,19,24). The summed E-state index contributed by atoms with van der Waals surface area (Å²) in [5.74, 6) is -0.564. The van der Waals surface area contributed by atoms with Crippen LogP contribution in [0.5, 0.6) is 0 Å². The number of aryl methyl sites for hydroxylation is 2. The van der Waals surface area contributed by atoms with E-state index in [0.29, 0.717) is 5.82 Å². The summed E-state index contributed by atoms with van der Waals surface area (Å²) in [5.41, 5.74) is 3.59. The number of carbonyl (C=O) groups is 2. The minimum absolute atomic E-state index is 0.213. The Morgan fingerprint density at radius 3 is 2.89 bits per heavy atom. The van der Waals surface area contributed by atoms with Gasteiger partial charge in [0.25, 0.3) is 5.91 Å². The molecule has 0 unspecified atom stereocenters. The monoisotopic (exact) mass is 385 g/mol. The first-order valence-electron chi connectivity index (χ1n) is 8.41. The maximum Gasteiger partial charge on any atom is 0.330 e. The lowest BCUT2D eigenvalue weighted by atomic mass is 10.1. The summed E-state index contributed by atoms with van der Waals surface area (Å²) in [6.07, 6.45) is 0.793. The number of rotatable bonds is 7. The second-order valence-corrected chi connectivity index (χ2v) is 6.61. The minimum atomic E-state index is -0.611. The van der Waals surface area contributed by atoms with Crippen molar-refractivity contribution in [2.45, 2.75) is 26.8 Å². The van der Waals surface area contributed by atoms with Crippen LogP contribution in [0.2, 0.25) is 0 Å². The molecule has 0 atom stereocenters. The summed E-state index contributed by atoms with van der Waals surface area (Å²) in [5, 5.41) is 18.4. The Morgan fingerprint density at radius 2 is 2.15 bits per heavy atom. The number of para-hydroxylation sites is 1. The number of nitrogens with one attached hydrogen (secondary N) is 1. The molecule has 8 nitrogen and oxygen atoms in total. The highest BCUT2D eigenvalue weighted by atomic mass is 32.1. The zero-order chi connectivity index (χ0) is 19.2. The molecule has 0 aliphatic carbocycles. The molecule has 1 amide bonds. The first-order valence-corrected chi connectivity index (χ1v) is 9.35. The Bertz CT molecular complexity index is 936. The zero-order valence-electron chi connectivity index (χ0n) is 15.0. The molecule has 0 spiro atoms. The van der Waals surface area contributed by atoms with Crippen LogP contribution in [-0.2, 0) is 27.3 Å². The van der Waals surface area contributed by atoms with Gasteiger partial charge in [-0.3, -0.25) is 4.79 Å². The Kier molecular flexibility index (Phi) is 5.92.